The number of alkyl halides is 9. The minimum atomic E-state index is -5.08. The molecule has 1 aliphatic rings. The van der Waals surface area contributed by atoms with Crippen LogP contribution in [-0.4, -0.2) is 23.9 Å². The molecule has 0 spiro atoms. The van der Waals surface area contributed by atoms with Crippen LogP contribution >= 0.6 is 0 Å². The number of carboxylic acid groups (broad SMARTS) is 1. The normalized spacial score (nSPS) is 15.7. The number of carbonyl (C=O) groups is 1. The molecule has 0 radical (unpaired) electrons. The SMILES string of the molecule is COc1ccc(CCC(=O)O)cc1-c1ccc(C(F)(F)F)cc1CC1=NO[C@H](c2cc(C(F)(F)F)cc(C(F)(F)F)c2)C1. The number of hydrogen-bond acceptors (Lipinski definition) is 4. The highest BCUT2D eigenvalue weighted by atomic mass is 19.4. The molecule has 43 heavy (non-hydrogen) atoms. The van der Waals surface area contributed by atoms with Gasteiger partial charge in [-0.3, -0.25) is 4.79 Å². The van der Waals surface area contributed by atoms with Crippen LogP contribution in [-0.2, 0) is 41.0 Å². The molecule has 0 unspecified atom stereocenters. The number of ether oxygens (including phenoxy) is 1. The molecule has 0 aromatic heterocycles. The van der Waals surface area contributed by atoms with Crippen LogP contribution in [0, 0.1) is 0 Å². The molecule has 230 valence electrons. The van der Waals surface area contributed by atoms with E-state index in [1.165, 1.54) is 19.2 Å². The first-order valence-corrected chi connectivity index (χ1v) is 12.6. The van der Waals surface area contributed by atoms with Gasteiger partial charge in [0.25, 0.3) is 0 Å². The first-order chi connectivity index (χ1) is 20.0. The summed E-state index contributed by atoms with van der Waals surface area (Å²) < 4.78 is 126. The molecule has 4 rings (SSSR count). The van der Waals surface area contributed by atoms with Crippen LogP contribution in [0.5, 0.6) is 5.75 Å². The van der Waals surface area contributed by atoms with Gasteiger partial charge in [0.05, 0.1) is 29.5 Å². The summed E-state index contributed by atoms with van der Waals surface area (Å²) in [5.74, 6) is -0.782. The molecule has 0 saturated heterocycles. The van der Waals surface area contributed by atoms with Crippen molar-refractivity contribution in [1.29, 1.82) is 0 Å². The fourth-order valence-electron chi connectivity index (χ4n) is 4.65. The fraction of sp³-hybridized carbons (Fsp3) is 0.310. The van der Waals surface area contributed by atoms with Gasteiger partial charge in [-0.1, -0.05) is 17.3 Å². The maximum absolute atomic E-state index is 13.6. The van der Waals surface area contributed by atoms with Gasteiger partial charge in [0.1, 0.15) is 5.75 Å². The third-order valence-corrected chi connectivity index (χ3v) is 6.72. The van der Waals surface area contributed by atoms with E-state index in [0.717, 1.165) is 12.1 Å². The molecule has 0 saturated carbocycles. The zero-order valence-electron chi connectivity index (χ0n) is 22.1. The highest BCUT2D eigenvalue weighted by Gasteiger charge is 2.39. The average molecular weight is 619 g/mol. The van der Waals surface area contributed by atoms with E-state index in [9.17, 15) is 44.3 Å². The van der Waals surface area contributed by atoms with Gasteiger partial charge in [-0.2, -0.15) is 39.5 Å². The lowest BCUT2D eigenvalue weighted by Gasteiger charge is -2.17. The molecule has 1 N–H and O–H groups in total. The number of aliphatic carboxylic acids is 1. The van der Waals surface area contributed by atoms with E-state index in [1.54, 1.807) is 12.1 Å². The Bertz CT molecular complexity index is 1510. The van der Waals surface area contributed by atoms with Crippen molar-refractivity contribution in [2.45, 2.75) is 50.3 Å². The van der Waals surface area contributed by atoms with Crippen molar-refractivity contribution in [2.75, 3.05) is 7.11 Å². The van der Waals surface area contributed by atoms with Crippen LogP contribution in [0.1, 0.15) is 52.3 Å². The second-order valence-electron chi connectivity index (χ2n) is 9.77. The molecule has 3 aromatic carbocycles. The van der Waals surface area contributed by atoms with E-state index in [-0.39, 0.29) is 54.3 Å². The number of methoxy groups -OCH3 is 1. The van der Waals surface area contributed by atoms with Crippen molar-refractivity contribution < 1.29 is 59.0 Å². The second-order valence-corrected chi connectivity index (χ2v) is 9.77. The molecular formula is C29H22F9NO4. The molecule has 5 nitrogen and oxygen atoms in total. The van der Waals surface area contributed by atoms with Crippen LogP contribution in [0.3, 0.4) is 0 Å². The summed E-state index contributed by atoms with van der Waals surface area (Å²) in [4.78, 5) is 16.2. The lowest BCUT2D eigenvalue weighted by atomic mass is 9.90. The number of oxime groups is 1. The zero-order chi connectivity index (χ0) is 31.7. The summed E-state index contributed by atoms with van der Waals surface area (Å²) >= 11 is 0. The van der Waals surface area contributed by atoms with Crippen molar-refractivity contribution in [3.05, 3.63) is 88.0 Å². The highest BCUT2D eigenvalue weighted by molar-refractivity contribution is 5.90. The maximum atomic E-state index is 13.6. The van der Waals surface area contributed by atoms with Gasteiger partial charge < -0.3 is 14.7 Å². The topological polar surface area (TPSA) is 68.1 Å². The molecule has 1 atom stereocenters. The van der Waals surface area contributed by atoms with Gasteiger partial charge >= 0.3 is 24.5 Å². The molecule has 1 aliphatic heterocycles. The first-order valence-electron chi connectivity index (χ1n) is 12.6. The molecule has 0 amide bonds. The first kappa shape index (κ1) is 31.7. The summed E-state index contributed by atoms with van der Waals surface area (Å²) in [7, 11) is 1.34. The molecule has 14 heteroatoms. The number of benzene rings is 3. The van der Waals surface area contributed by atoms with Gasteiger partial charge in [-0.15, -0.1) is 0 Å². The van der Waals surface area contributed by atoms with Crippen LogP contribution in [0.25, 0.3) is 11.1 Å². The van der Waals surface area contributed by atoms with Crippen molar-refractivity contribution in [2.24, 2.45) is 5.16 Å². The van der Waals surface area contributed by atoms with E-state index in [1.807, 2.05) is 0 Å². The van der Waals surface area contributed by atoms with Crippen LogP contribution in [0.4, 0.5) is 39.5 Å². The predicted molar refractivity (Wildman–Crippen MR) is 135 cm³/mol. The number of aryl methyl sites for hydroxylation is 1. The average Bonchev–Trinajstić information content (AvgIpc) is 3.38. The molecule has 0 fully saturated rings. The van der Waals surface area contributed by atoms with Gasteiger partial charge in [0.15, 0.2) is 6.10 Å². The molecule has 0 aliphatic carbocycles. The fourth-order valence-corrected chi connectivity index (χ4v) is 4.65. The Balaban J connectivity index is 1.70. The third kappa shape index (κ3) is 7.59. The van der Waals surface area contributed by atoms with Crippen molar-refractivity contribution >= 4 is 11.7 Å². The van der Waals surface area contributed by atoms with E-state index >= 15 is 0 Å². The number of nitrogens with zero attached hydrogens (tertiary/aromatic N) is 1. The number of hydrogen-bond donors (Lipinski definition) is 1. The standard InChI is InChI=1S/C29H22F9NO4/c1-42-24-6-2-15(3-7-26(40)41)8-23(24)22-5-4-18(27(30,31)32)9-16(22)12-21-14-25(43-39-21)17-10-19(28(33,34)35)13-20(11-17)29(36,37)38/h2,4-6,8-11,13,25H,3,7,12,14H2,1H3,(H,40,41)/t25-/m0/s1. The molecule has 3 aromatic rings. The summed E-state index contributed by atoms with van der Waals surface area (Å²) in [5.41, 5.74) is -3.19. The Labute approximate surface area is 238 Å². The van der Waals surface area contributed by atoms with Crippen LogP contribution < -0.4 is 4.74 Å². The summed E-state index contributed by atoms with van der Waals surface area (Å²) in [5, 5.41) is 12.8. The van der Waals surface area contributed by atoms with Crippen LogP contribution in [0.15, 0.2) is 59.8 Å². The van der Waals surface area contributed by atoms with E-state index in [4.69, 9.17) is 14.7 Å². The summed E-state index contributed by atoms with van der Waals surface area (Å²) in [6.07, 6.45) is -16.9. The van der Waals surface area contributed by atoms with Crippen molar-refractivity contribution in [3.63, 3.8) is 0 Å². The largest absolute Gasteiger partial charge is 0.496 e. The molecule has 1 heterocycles. The minimum Gasteiger partial charge on any atom is -0.496 e. The maximum Gasteiger partial charge on any atom is 0.416 e. The van der Waals surface area contributed by atoms with Gasteiger partial charge in [0.2, 0.25) is 0 Å². The molecular weight excluding hydrogens is 597 g/mol. The van der Waals surface area contributed by atoms with Gasteiger partial charge in [-0.05, 0) is 71.1 Å². The lowest BCUT2D eigenvalue weighted by molar-refractivity contribution is -0.143. The summed E-state index contributed by atoms with van der Waals surface area (Å²) in [6, 6.07) is 8.64. The number of rotatable bonds is 8. The summed E-state index contributed by atoms with van der Waals surface area (Å²) in [6.45, 7) is 0. The third-order valence-electron chi connectivity index (χ3n) is 6.72. The van der Waals surface area contributed by atoms with Gasteiger partial charge in [-0.25, -0.2) is 0 Å². The van der Waals surface area contributed by atoms with E-state index in [0.29, 0.717) is 23.3 Å². The van der Waals surface area contributed by atoms with E-state index < -0.39 is 52.9 Å². The zero-order valence-corrected chi connectivity index (χ0v) is 22.1. The number of halogens is 9. The van der Waals surface area contributed by atoms with Crippen LogP contribution in [0.2, 0.25) is 0 Å². The minimum absolute atomic E-state index is 0.0207. The Morgan fingerprint density at radius 2 is 1.49 bits per heavy atom. The smallest absolute Gasteiger partial charge is 0.416 e. The lowest BCUT2D eigenvalue weighted by Crippen LogP contribution is -2.13. The van der Waals surface area contributed by atoms with Crippen molar-refractivity contribution in [1.82, 2.24) is 0 Å². The Morgan fingerprint density at radius 1 is 0.860 bits per heavy atom. The quantitative estimate of drug-likeness (QED) is 0.257. The predicted octanol–water partition coefficient (Wildman–Crippen LogP) is 8.50. The van der Waals surface area contributed by atoms with E-state index in [2.05, 4.69) is 5.16 Å². The number of carboxylic acids is 1. The van der Waals surface area contributed by atoms with Gasteiger partial charge in [0, 0.05) is 24.8 Å². The molecule has 0 bridgehead atoms. The Kier molecular flexibility index (Phi) is 8.70. The Morgan fingerprint density at radius 3 is 2.05 bits per heavy atom. The monoisotopic (exact) mass is 619 g/mol. The second kappa shape index (κ2) is 11.8. The van der Waals surface area contributed by atoms with Crippen molar-refractivity contribution in [3.8, 4) is 16.9 Å². The highest BCUT2D eigenvalue weighted by Crippen LogP contribution is 2.41. The Hall–Kier alpha value is -4.23.